The van der Waals surface area contributed by atoms with Crippen LogP contribution in [0.4, 0.5) is 9.18 Å². The minimum atomic E-state index is -0.378. The summed E-state index contributed by atoms with van der Waals surface area (Å²) in [5.41, 5.74) is 1.14. The first-order valence-electron chi connectivity index (χ1n) is 10.5. The summed E-state index contributed by atoms with van der Waals surface area (Å²) in [5, 5.41) is -0.355. The van der Waals surface area contributed by atoms with Crippen molar-refractivity contribution in [2.45, 2.75) is 6.61 Å². The minimum absolute atomic E-state index is 0.0822. The van der Waals surface area contributed by atoms with E-state index in [1.807, 2.05) is 12.1 Å². The van der Waals surface area contributed by atoms with Crippen LogP contribution in [0.25, 0.3) is 6.08 Å². The van der Waals surface area contributed by atoms with Gasteiger partial charge in [-0.15, -0.1) is 0 Å². The third kappa shape index (κ3) is 5.58. The van der Waals surface area contributed by atoms with Crippen LogP contribution in [0.15, 0.2) is 77.7 Å². The molecule has 34 heavy (non-hydrogen) atoms. The molecule has 1 aliphatic heterocycles. The summed E-state index contributed by atoms with van der Waals surface area (Å²) in [4.78, 5) is 26.6. The normalized spacial score (nSPS) is 14.5. The zero-order chi connectivity index (χ0) is 23.9. The number of ether oxygens (including phenoxy) is 3. The lowest BCUT2D eigenvalue weighted by atomic mass is 10.2. The van der Waals surface area contributed by atoms with Gasteiger partial charge in [-0.05, 0) is 53.7 Å². The van der Waals surface area contributed by atoms with Gasteiger partial charge in [-0.2, -0.15) is 0 Å². The number of benzene rings is 3. The van der Waals surface area contributed by atoms with Crippen LogP contribution in [0.3, 0.4) is 0 Å². The molecule has 1 fully saturated rings. The number of para-hydroxylation sites is 2. The molecule has 1 heterocycles. The number of nitrogens with zero attached hydrogens (tertiary/aromatic N) is 1. The van der Waals surface area contributed by atoms with Crippen LogP contribution < -0.4 is 14.2 Å². The Kier molecular flexibility index (Phi) is 7.49. The smallest absolute Gasteiger partial charge is 0.293 e. The Balaban J connectivity index is 1.38. The zero-order valence-corrected chi connectivity index (χ0v) is 19.2. The van der Waals surface area contributed by atoms with E-state index in [0.717, 1.165) is 16.7 Å². The molecule has 0 N–H and O–H groups in total. The first-order chi connectivity index (χ1) is 16.5. The molecular formula is C26H22FNO5S. The average Bonchev–Trinajstić information content (AvgIpc) is 3.11. The number of hydrogen-bond acceptors (Lipinski definition) is 6. The van der Waals surface area contributed by atoms with E-state index in [0.29, 0.717) is 33.3 Å². The lowest BCUT2D eigenvalue weighted by Crippen LogP contribution is -2.32. The summed E-state index contributed by atoms with van der Waals surface area (Å²) in [6.07, 6.45) is 1.64. The Morgan fingerprint density at radius 1 is 0.941 bits per heavy atom. The number of methoxy groups -OCH3 is 1. The number of hydrogen-bond donors (Lipinski definition) is 0. The molecule has 0 aromatic heterocycles. The molecule has 0 aliphatic carbocycles. The van der Waals surface area contributed by atoms with Gasteiger partial charge >= 0.3 is 0 Å². The molecule has 0 atom stereocenters. The molecule has 174 valence electrons. The van der Waals surface area contributed by atoms with E-state index in [9.17, 15) is 14.0 Å². The maximum atomic E-state index is 13.8. The van der Waals surface area contributed by atoms with Crippen molar-refractivity contribution >= 4 is 29.0 Å². The molecule has 0 bridgehead atoms. The third-order valence-corrected chi connectivity index (χ3v) is 5.93. The zero-order valence-electron chi connectivity index (χ0n) is 18.4. The van der Waals surface area contributed by atoms with Crippen LogP contribution in [0, 0.1) is 5.82 Å². The number of amides is 2. The van der Waals surface area contributed by atoms with Gasteiger partial charge in [0, 0.05) is 5.56 Å². The molecule has 3 aromatic carbocycles. The topological polar surface area (TPSA) is 65.1 Å². The van der Waals surface area contributed by atoms with Crippen molar-refractivity contribution in [2.24, 2.45) is 0 Å². The maximum absolute atomic E-state index is 13.8. The Morgan fingerprint density at radius 3 is 2.50 bits per heavy atom. The molecule has 2 amide bonds. The summed E-state index contributed by atoms with van der Waals surface area (Å²) >= 11 is 0.876. The number of rotatable bonds is 9. The lowest BCUT2D eigenvalue weighted by molar-refractivity contribution is -0.123. The van der Waals surface area contributed by atoms with Crippen LogP contribution >= 0.6 is 11.8 Å². The maximum Gasteiger partial charge on any atom is 0.293 e. The van der Waals surface area contributed by atoms with Crippen molar-refractivity contribution in [1.82, 2.24) is 4.90 Å². The van der Waals surface area contributed by atoms with Gasteiger partial charge in [-0.1, -0.05) is 42.5 Å². The molecule has 0 spiro atoms. The van der Waals surface area contributed by atoms with E-state index >= 15 is 0 Å². The highest BCUT2D eigenvalue weighted by Crippen LogP contribution is 2.33. The van der Waals surface area contributed by atoms with Crippen molar-refractivity contribution < 1.29 is 28.2 Å². The lowest BCUT2D eigenvalue weighted by Gasteiger charge is -2.14. The predicted octanol–water partition coefficient (Wildman–Crippen LogP) is 5.53. The van der Waals surface area contributed by atoms with Crippen LogP contribution in [0.5, 0.6) is 17.2 Å². The van der Waals surface area contributed by atoms with Crippen molar-refractivity contribution in [3.8, 4) is 17.2 Å². The van der Waals surface area contributed by atoms with Crippen molar-refractivity contribution in [3.05, 3.63) is 94.6 Å². The van der Waals surface area contributed by atoms with E-state index in [2.05, 4.69) is 0 Å². The Labute approximate surface area is 200 Å². The summed E-state index contributed by atoms with van der Waals surface area (Å²) < 4.78 is 30.4. The van der Waals surface area contributed by atoms with Crippen molar-refractivity contribution in [1.29, 1.82) is 0 Å². The molecule has 1 saturated heterocycles. The first kappa shape index (κ1) is 23.4. The van der Waals surface area contributed by atoms with Crippen LogP contribution in [-0.4, -0.2) is 36.3 Å². The highest BCUT2D eigenvalue weighted by atomic mass is 32.2. The molecule has 1 aliphatic rings. The van der Waals surface area contributed by atoms with Crippen LogP contribution in [0.2, 0.25) is 0 Å². The number of thioether (sulfide) groups is 1. The average molecular weight is 480 g/mol. The van der Waals surface area contributed by atoms with Gasteiger partial charge in [0.15, 0.2) is 11.5 Å². The molecule has 8 heteroatoms. The Hall–Kier alpha value is -3.78. The molecule has 0 unspecified atom stereocenters. The summed E-state index contributed by atoms with van der Waals surface area (Å²) in [7, 11) is 1.55. The quantitative estimate of drug-likeness (QED) is 0.376. The van der Waals surface area contributed by atoms with E-state index in [1.165, 1.54) is 6.07 Å². The third-order valence-electron chi connectivity index (χ3n) is 5.02. The monoisotopic (exact) mass is 479 g/mol. The van der Waals surface area contributed by atoms with Gasteiger partial charge in [0.05, 0.1) is 18.6 Å². The highest BCUT2D eigenvalue weighted by Gasteiger charge is 2.34. The van der Waals surface area contributed by atoms with Gasteiger partial charge in [-0.3, -0.25) is 14.5 Å². The Bertz CT molecular complexity index is 1230. The molecular weight excluding hydrogens is 457 g/mol. The minimum Gasteiger partial charge on any atom is -0.493 e. The second-order valence-electron chi connectivity index (χ2n) is 7.29. The van der Waals surface area contributed by atoms with E-state index in [1.54, 1.807) is 67.8 Å². The molecule has 6 nitrogen and oxygen atoms in total. The van der Waals surface area contributed by atoms with E-state index in [4.69, 9.17) is 14.2 Å². The fourth-order valence-electron chi connectivity index (χ4n) is 3.30. The van der Waals surface area contributed by atoms with E-state index < -0.39 is 0 Å². The van der Waals surface area contributed by atoms with Gasteiger partial charge in [0.1, 0.15) is 24.8 Å². The number of imide groups is 1. The number of carbonyl (C=O) groups is 2. The largest absolute Gasteiger partial charge is 0.493 e. The number of halogens is 1. The second-order valence-corrected chi connectivity index (χ2v) is 8.28. The fraction of sp³-hybridized carbons (Fsp3) is 0.154. The Morgan fingerprint density at radius 2 is 1.71 bits per heavy atom. The molecule has 0 saturated carbocycles. The van der Waals surface area contributed by atoms with Gasteiger partial charge in [-0.25, -0.2) is 4.39 Å². The second kappa shape index (κ2) is 10.9. The van der Waals surface area contributed by atoms with Gasteiger partial charge in [0.25, 0.3) is 11.1 Å². The first-order valence-corrected chi connectivity index (χ1v) is 11.3. The van der Waals surface area contributed by atoms with Crippen LogP contribution in [-0.2, 0) is 11.4 Å². The summed E-state index contributed by atoms with van der Waals surface area (Å²) in [5.74, 6) is 0.938. The number of carbonyl (C=O) groups excluding carboxylic acids is 2. The predicted molar refractivity (Wildman–Crippen MR) is 128 cm³/mol. The molecule has 4 rings (SSSR count). The molecule has 0 radical (unpaired) electrons. The summed E-state index contributed by atoms with van der Waals surface area (Å²) in [6, 6.07) is 20.6. The van der Waals surface area contributed by atoms with E-state index in [-0.39, 0.29) is 36.7 Å². The van der Waals surface area contributed by atoms with Crippen molar-refractivity contribution in [3.63, 3.8) is 0 Å². The SMILES string of the molecule is COc1ccccc1OCCN1C(=O)S/C(=C\c2cccc(OCc3ccccc3F)c2)C1=O. The standard InChI is InChI=1S/C26H22FNO5S/c1-31-22-11-4-5-12-23(22)32-14-13-28-25(29)24(34-26(28)30)16-18-7-6-9-20(15-18)33-17-19-8-2-3-10-21(19)27/h2-12,15-16H,13-14,17H2,1H3/b24-16-. The van der Waals surface area contributed by atoms with Crippen LogP contribution in [0.1, 0.15) is 11.1 Å². The highest BCUT2D eigenvalue weighted by molar-refractivity contribution is 8.18. The molecule has 3 aromatic rings. The van der Waals surface area contributed by atoms with Crippen molar-refractivity contribution in [2.75, 3.05) is 20.3 Å². The van der Waals surface area contributed by atoms with Gasteiger partial charge < -0.3 is 14.2 Å². The van der Waals surface area contributed by atoms with Gasteiger partial charge in [0.2, 0.25) is 0 Å². The fourth-order valence-corrected chi connectivity index (χ4v) is 4.16. The summed E-state index contributed by atoms with van der Waals surface area (Å²) in [6.45, 7) is 0.343.